The molecule has 3 aromatic rings. The van der Waals surface area contributed by atoms with Gasteiger partial charge in [-0.3, -0.25) is 14.3 Å². The SMILES string of the molecule is Cn1cc(S(=O)(=O)NCc2nc(-c3ccccn3)no2)c(=O)n(C)c1=O. The van der Waals surface area contributed by atoms with Crippen molar-refractivity contribution in [2.45, 2.75) is 11.4 Å². The number of hydrogen-bond acceptors (Lipinski definition) is 8. The normalized spacial score (nSPS) is 11.6. The van der Waals surface area contributed by atoms with Crippen LogP contribution >= 0.6 is 0 Å². The maximum atomic E-state index is 12.4. The van der Waals surface area contributed by atoms with E-state index >= 15 is 0 Å². The predicted octanol–water partition coefficient (Wildman–Crippen LogP) is -0.992. The molecule has 0 aliphatic heterocycles. The lowest BCUT2D eigenvalue weighted by molar-refractivity contribution is 0.375. The van der Waals surface area contributed by atoms with Gasteiger partial charge in [0.15, 0.2) is 4.90 Å². The van der Waals surface area contributed by atoms with E-state index in [0.29, 0.717) is 10.3 Å². The first kappa shape index (κ1) is 17.7. The summed E-state index contributed by atoms with van der Waals surface area (Å²) in [6.07, 6.45) is 2.52. The maximum absolute atomic E-state index is 12.4. The second-order valence-corrected chi connectivity index (χ2v) is 7.04. The molecule has 3 rings (SSSR count). The number of nitrogens with one attached hydrogen (secondary N) is 1. The van der Waals surface area contributed by atoms with Crippen molar-refractivity contribution in [1.29, 1.82) is 0 Å². The van der Waals surface area contributed by atoms with Crippen molar-refractivity contribution >= 4 is 10.0 Å². The average molecular weight is 378 g/mol. The minimum atomic E-state index is -4.19. The minimum Gasteiger partial charge on any atom is -0.337 e. The van der Waals surface area contributed by atoms with Crippen molar-refractivity contribution in [3.05, 3.63) is 57.3 Å². The highest BCUT2D eigenvalue weighted by Gasteiger charge is 2.22. The van der Waals surface area contributed by atoms with Crippen molar-refractivity contribution in [2.24, 2.45) is 14.1 Å². The zero-order chi connectivity index (χ0) is 18.9. The summed E-state index contributed by atoms with van der Waals surface area (Å²) in [7, 11) is -1.65. The molecule has 12 heteroatoms. The molecule has 1 N–H and O–H groups in total. The quantitative estimate of drug-likeness (QED) is 0.596. The molecule has 136 valence electrons. The molecule has 0 spiro atoms. The van der Waals surface area contributed by atoms with Gasteiger partial charge in [0.25, 0.3) is 5.56 Å². The van der Waals surface area contributed by atoms with Gasteiger partial charge in [0, 0.05) is 26.5 Å². The van der Waals surface area contributed by atoms with E-state index in [4.69, 9.17) is 4.52 Å². The van der Waals surface area contributed by atoms with Crippen LogP contribution in [0, 0.1) is 0 Å². The number of nitrogens with zero attached hydrogens (tertiary/aromatic N) is 5. The third kappa shape index (κ3) is 3.32. The number of aryl methyl sites for hydroxylation is 1. The highest BCUT2D eigenvalue weighted by molar-refractivity contribution is 7.89. The van der Waals surface area contributed by atoms with Gasteiger partial charge in [-0.1, -0.05) is 11.2 Å². The monoisotopic (exact) mass is 378 g/mol. The molecule has 0 amide bonds. The molecular formula is C14H14N6O5S. The summed E-state index contributed by atoms with van der Waals surface area (Å²) in [5, 5.41) is 3.72. The van der Waals surface area contributed by atoms with Gasteiger partial charge in [-0.25, -0.2) is 17.9 Å². The van der Waals surface area contributed by atoms with E-state index in [1.54, 1.807) is 24.4 Å². The Kier molecular flexibility index (Phi) is 4.52. The van der Waals surface area contributed by atoms with E-state index in [-0.39, 0.29) is 18.3 Å². The van der Waals surface area contributed by atoms with Gasteiger partial charge in [-0.05, 0) is 12.1 Å². The van der Waals surface area contributed by atoms with Crippen LogP contribution in [-0.4, -0.2) is 32.7 Å². The molecule has 0 saturated heterocycles. The Hall–Kier alpha value is -3.12. The van der Waals surface area contributed by atoms with Crippen LogP contribution in [0.4, 0.5) is 0 Å². The van der Waals surface area contributed by atoms with E-state index in [9.17, 15) is 18.0 Å². The van der Waals surface area contributed by atoms with Gasteiger partial charge < -0.3 is 9.09 Å². The number of pyridine rings is 1. The second kappa shape index (κ2) is 6.65. The fourth-order valence-electron chi connectivity index (χ4n) is 2.12. The Labute approximate surface area is 147 Å². The molecule has 0 aromatic carbocycles. The second-order valence-electron chi connectivity index (χ2n) is 5.30. The molecule has 0 aliphatic rings. The topological polar surface area (TPSA) is 142 Å². The van der Waals surface area contributed by atoms with Crippen LogP contribution in [0.2, 0.25) is 0 Å². The first-order valence-electron chi connectivity index (χ1n) is 7.30. The van der Waals surface area contributed by atoms with Crippen LogP contribution < -0.4 is 16.0 Å². The Morgan fingerprint density at radius 2 is 2.00 bits per heavy atom. The van der Waals surface area contributed by atoms with Gasteiger partial charge in [-0.15, -0.1) is 0 Å². The lowest BCUT2D eigenvalue weighted by Crippen LogP contribution is -2.41. The van der Waals surface area contributed by atoms with Crippen molar-refractivity contribution in [2.75, 3.05) is 0 Å². The third-order valence-electron chi connectivity index (χ3n) is 3.48. The van der Waals surface area contributed by atoms with Gasteiger partial charge in [-0.2, -0.15) is 4.98 Å². The summed E-state index contributed by atoms with van der Waals surface area (Å²) in [4.78, 5) is 31.3. The maximum Gasteiger partial charge on any atom is 0.330 e. The molecule has 3 aromatic heterocycles. The Balaban J connectivity index is 1.83. The average Bonchev–Trinajstić information content (AvgIpc) is 3.11. The number of aromatic nitrogens is 5. The molecule has 3 heterocycles. The molecule has 0 saturated carbocycles. The van der Waals surface area contributed by atoms with Crippen molar-refractivity contribution in [1.82, 2.24) is 29.0 Å². The Bertz CT molecular complexity index is 1160. The van der Waals surface area contributed by atoms with Crippen molar-refractivity contribution in [3.8, 4) is 11.5 Å². The molecule has 0 bridgehead atoms. The van der Waals surface area contributed by atoms with Crippen molar-refractivity contribution in [3.63, 3.8) is 0 Å². The standard InChI is InChI=1S/C14H14N6O5S/c1-19-8-10(13(21)20(2)14(19)22)26(23,24)16-7-11-17-12(18-25-11)9-5-3-4-6-15-9/h3-6,8,16H,7H2,1-2H3. The zero-order valence-corrected chi connectivity index (χ0v) is 14.6. The Morgan fingerprint density at radius 1 is 1.23 bits per heavy atom. The number of hydrogen-bond donors (Lipinski definition) is 1. The highest BCUT2D eigenvalue weighted by Crippen LogP contribution is 2.12. The molecule has 0 unspecified atom stereocenters. The Morgan fingerprint density at radius 3 is 2.69 bits per heavy atom. The highest BCUT2D eigenvalue weighted by atomic mass is 32.2. The minimum absolute atomic E-state index is 0.00382. The summed E-state index contributed by atoms with van der Waals surface area (Å²) >= 11 is 0. The molecule has 0 atom stereocenters. The van der Waals surface area contributed by atoms with E-state index in [2.05, 4.69) is 19.8 Å². The molecule has 0 aliphatic carbocycles. The summed E-state index contributed by atoms with van der Waals surface area (Å²) in [6.45, 7) is -0.325. The van der Waals surface area contributed by atoms with Gasteiger partial charge >= 0.3 is 5.69 Å². The lowest BCUT2D eigenvalue weighted by atomic mass is 10.3. The summed E-state index contributed by atoms with van der Waals surface area (Å²) in [5.74, 6) is 0.202. The van der Waals surface area contributed by atoms with Crippen molar-refractivity contribution < 1.29 is 12.9 Å². The molecule has 0 radical (unpaired) electrons. The first-order chi connectivity index (χ1) is 12.3. The zero-order valence-electron chi connectivity index (χ0n) is 13.8. The summed E-state index contributed by atoms with van der Waals surface area (Å²) in [6, 6.07) is 5.15. The molecule has 11 nitrogen and oxygen atoms in total. The van der Waals surface area contributed by atoms with Crippen LogP contribution in [0.3, 0.4) is 0 Å². The van der Waals surface area contributed by atoms with E-state index < -0.39 is 26.2 Å². The van der Waals surface area contributed by atoms with Crippen LogP contribution in [0.15, 0.2) is 49.6 Å². The predicted molar refractivity (Wildman–Crippen MR) is 88.5 cm³/mol. The van der Waals surface area contributed by atoms with Crippen LogP contribution in [0.1, 0.15) is 5.89 Å². The van der Waals surface area contributed by atoms with Gasteiger partial charge in [0.2, 0.25) is 21.7 Å². The fourth-order valence-corrected chi connectivity index (χ4v) is 3.25. The molecule has 26 heavy (non-hydrogen) atoms. The van der Waals surface area contributed by atoms with E-state index in [1.807, 2.05) is 0 Å². The van der Waals surface area contributed by atoms with E-state index in [0.717, 1.165) is 10.8 Å². The number of sulfonamides is 1. The smallest absolute Gasteiger partial charge is 0.330 e. The lowest BCUT2D eigenvalue weighted by Gasteiger charge is -2.07. The van der Waals surface area contributed by atoms with Gasteiger partial charge in [0.05, 0.1) is 6.54 Å². The van der Waals surface area contributed by atoms with Crippen LogP contribution in [0.25, 0.3) is 11.5 Å². The first-order valence-corrected chi connectivity index (χ1v) is 8.78. The molecule has 0 fully saturated rings. The van der Waals surface area contributed by atoms with Crippen LogP contribution in [0.5, 0.6) is 0 Å². The number of rotatable bonds is 5. The third-order valence-corrected chi connectivity index (χ3v) is 4.86. The van der Waals surface area contributed by atoms with E-state index in [1.165, 1.54) is 14.1 Å². The fraction of sp³-hybridized carbons (Fsp3) is 0.214. The van der Waals surface area contributed by atoms with Crippen LogP contribution in [-0.2, 0) is 30.7 Å². The van der Waals surface area contributed by atoms with Gasteiger partial charge in [0.1, 0.15) is 5.69 Å². The summed E-state index contributed by atoms with van der Waals surface area (Å²) in [5.41, 5.74) is -1.09. The largest absolute Gasteiger partial charge is 0.337 e. The molecular weight excluding hydrogens is 364 g/mol. The summed E-state index contributed by atoms with van der Waals surface area (Å²) < 4.78 is 33.6.